The second-order valence-electron chi connectivity index (χ2n) is 5.65. The van der Waals surface area contributed by atoms with Gasteiger partial charge in [-0.2, -0.15) is 0 Å². The van der Waals surface area contributed by atoms with Gasteiger partial charge in [-0.1, -0.05) is 31.2 Å². The van der Waals surface area contributed by atoms with Crippen molar-refractivity contribution in [2.24, 2.45) is 10.7 Å². The molecule has 5 heteroatoms. The fourth-order valence-electron chi connectivity index (χ4n) is 2.36. The van der Waals surface area contributed by atoms with E-state index in [1.54, 1.807) is 6.26 Å². The maximum Gasteiger partial charge on any atom is 0.188 e. The van der Waals surface area contributed by atoms with Crippen LogP contribution in [0.5, 0.6) is 0 Å². The number of nitrogens with zero attached hydrogens (tertiary/aromatic N) is 2. The Morgan fingerprint density at radius 3 is 2.65 bits per heavy atom. The first-order valence-corrected chi connectivity index (χ1v) is 8.00. The minimum atomic E-state index is 0.505. The first-order valence-electron chi connectivity index (χ1n) is 8.00. The summed E-state index contributed by atoms with van der Waals surface area (Å²) < 4.78 is 5.40. The zero-order valence-electron chi connectivity index (χ0n) is 14.0. The molecule has 0 radical (unpaired) electrons. The minimum Gasteiger partial charge on any atom is -0.468 e. The minimum absolute atomic E-state index is 0.505. The van der Waals surface area contributed by atoms with Crippen molar-refractivity contribution < 1.29 is 4.42 Å². The topological polar surface area (TPSA) is 66.8 Å². The van der Waals surface area contributed by atoms with Gasteiger partial charge < -0.3 is 15.5 Å². The molecule has 23 heavy (non-hydrogen) atoms. The third-order valence-electron chi connectivity index (χ3n) is 3.54. The average molecular weight is 314 g/mol. The van der Waals surface area contributed by atoms with E-state index < -0.39 is 0 Å². The molecule has 0 saturated heterocycles. The Labute approximate surface area is 138 Å². The summed E-state index contributed by atoms with van der Waals surface area (Å²) in [5.41, 5.74) is 8.32. The number of nitrogens with two attached hydrogens (primary N) is 1. The monoisotopic (exact) mass is 314 g/mol. The molecule has 0 unspecified atom stereocenters. The van der Waals surface area contributed by atoms with E-state index in [0.717, 1.165) is 31.8 Å². The summed E-state index contributed by atoms with van der Waals surface area (Å²) in [5.74, 6) is 1.47. The molecule has 0 bridgehead atoms. The van der Waals surface area contributed by atoms with Gasteiger partial charge >= 0.3 is 0 Å². The molecular weight excluding hydrogens is 288 g/mol. The van der Waals surface area contributed by atoms with E-state index in [4.69, 9.17) is 10.2 Å². The van der Waals surface area contributed by atoms with Gasteiger partial charge in [0, 0.05) is 13.1 Å². The Kier molecular flexibility index (Phi) is 6.69. The van der Waals surface area contributed by atoms with Crippen molar-refractivity contribution in [3.05, 3.63) is 59.5 Å². The third-order valence-corrected chi connectivity index (χ3v) is 3.54. The molecule has 1 heterocycles. The van der Waals surface area contributed by atoms with E-state index in [1.807, 2.05) is 18.2 Å². The lowest BCUT2D eigenvalue weighted by atomic mass is 10.1. The zero-order valence-corrected chi connectivity index (χ0v) is 14.0. The van der Waals surface area contributed by atoms with Crippen molar-refractivity contribution in [1.29, 1.82) is 0 Å². The molecule has 124 valence electrons. The summed E-state index contributed by atoms with van der Waals surface area (Å²) in [4.78, 5) is 6.64. The average Bonchev–Trinajstić information content (AvgIpc) is 3.04. The third kappa shape index (κ3) is 5.79. The first-order chi connectivity index (χ1) is 11.2. The SMILES string of the molecule is CCCNC(N)=NCc1ccccc1CN(C)Cc1ccco1. The highest BCUT2D eigenvalue weighted by atomic mass is 16.3. The highest BCUT2D eigenvalue weighted by Gasteiger charge is 2.07. The molecule has 1 aromatic heterocycles. The molecule has 0 amide bonds. The van der Waals surface area contributed by atoms with Crippen LogP contribution in [0.25, 0.3) is 0 Å². The summed E-state index contributed by atoms with van der Waals surface area (Å²) >= 11 is 0. The Morgan fingerprint density at radius 1 is 1.17 bits per heavy atom. The predicted octanol–water partition coefficient (Wildman–Crippen LogP) is 2.73. The maximum absolute atomic E-state index is 5.87. The van der Waals surface area contributed by atoms with Gasteiger partial charge in [0.1, 0.15) is 5.76 Å². The lowest BCUT2D eigenvalue weighted by molar-refractivity contribution is 0.287. The molecule has 0 aliphatic rings. The number of benzene rings is 1. The number of nitrogens with one attached hydrogen (secondary N) is 1. The normalized spacial score (nSPS) is 11.9. The van der Waals surface area contributed by atoms with Crippen LogP contribution >= 0.6 is 0 Å². The van der Waals surface area contributed by atoms with E-state index in [1.165, 1.54) is 11.1 Å². The van der Waals surface area contributed by atoms with Crippen LogP contribution in [0.1, 0.15) is 30.2 Å². The second-order valence-corrected chi connectivity index (χ2v) is 5.65. The fraction of sp³-hybridized carbons (Fsp3) is 0.389. The van der Waals surface area contributed by atoms with Crippen molar-refractivity contribution >= 4 is 5.96 Å². The molecule has 2 rings (SSSR count). The van der Waals surface area contributed by atoms with Crippen molar-refractivity contribution in [3.8, 4) is 0 Å². The summed E-state index contributed by atoms with van der Waals surface area (Å²) in [6.07, 6.45) is 2.74. The second kappa shape index (κ2) is 9.00. The molecule has 0 aliphatic carbocycles. The first kappa shape index (κ1) is 17.1. The van der Waals surface area contributed by atoms with Gasteiger partial charge in [-0.15, -0.1) is 0 Å². The zero-order chi connectivity index (χ0) is 16.5. The molecule has 0 atom stereocenters. The van der Waals surface area contributed by atoms with Crippen LogP contribution in [0, 0.1) is 0 Å². The number of hydrogen-bond donors (Lipinski definition) is 2. The van der Waals surface area contributed by atoms with E-state index in [-0.39, 0.29) is 0 Å². The van der Waals surface area contributed by atoms with Gasteiger partial charge in [-0.3, -0.25) is 4.90 Å². The molecular formula is C18H26N4O. The standard InChI is InChI=1S/C18H26N4O/c1-3-10-20-18(19)21-12-15-7-4-5-8-16(15)13-22(2)14-17-9-6-11-23-17/h4-9,11H,3,10,12-14H2,1-2H3,(H3,19,20,21). The smallest absolute Gasteiger partial charge is 0.188 e. The van der Waals surface area contributed by atoms with Crippen LogP contribution < -0.4 is 11.1 Å². The van der Waals surface area contributed by atoms with Gasteiger partial charge in [-0.25, -0.2) is 4.99 Å². The Balaban J connectivity index is 1.96. The van der Waals surface area contributed by atoms with Crippen LogP contribution in [0.4, 0.5) is 0 Å². The molecule has 0 fully saturated rings. The summed E-state index contributed by atoms with van der Waals surface area (Å²) in [5, 5.41) is 3.10. The molecule has 3 N–H and O–H groups in total. The molecule has 0 saturated carbocycles. The maximum atomic E-state index is 5.87. The van der Waals surface area contributed by atoms with Gasteiger partial charge in [-0.05, 0) is 36.7 Å². The van der Waals surface area contributed by atoms with Crippen LogP contribution in [-0.2, 0) is 19.6 Å². The molecule has 5 nitrogen and oxygen atoms in total. The van der Waals surface area contributed by atoms with E-state index in [0.29, 0.717) is 12.5 Å². The summed E-state index contributed by atoms with van der Waals surface area (Å²) in [6.45, 7) is 5.17. The number of rotatable bonds is 8. The number of guanidine groups is 1. The van der Waals surface area contributed by atoms with Gasteiger partial charge in [0.25, 0.3) is 0 Å². The van der Waals surface area contributed by atoms with Gasteiger partial charge in [0.15, 0.2) is 5.96 Å². The summed E-state index contributed by atoms with van der Waals surface area (Å²) in [7, 11) is 2.08. The van der Waals surface area contributed by atoms with Crippen molar-refractivity contribution in [2.45, 2.75) is 33.0 Å². The lowest BCUT2D eigenvalue weighted by Gasteiger charge is -2.17. The fourth-order valence-corrected chi connectivity index (χ4v) is 2.36. The van der Waals surface area contributed by atoms with Crippen molar-refractivity contribution in [3.63, 3.8) is 0 Å². The molecule has 1 aromatic carbocycles. The van der Waals surface area contributed by atoms with Crippen molar-refractivity contribution in [1.82, 2.24) is 10.2 Å². The van der Waals surface area contributed by atoms with E-state index >= 15 is 0 Å². The highest BCUT2D eigenvalue weighted by molar-refractivity contribution is 5.77. The van der Waals surface area contributed by atoms with Crippen molar-refractivity contribution in [2.75, 3.05) is 13.6 Å². The highest BCUT2D eigenvalue weighted by Crippen LogP contribution is 2.14. The Hall–Kier alpha value is -2.27. The Bertz CT molecular complexity index is 607. The predicted molar refractivity (Wildman–Crippen MR) is 93.9 cm³/mol. The molecule has 2 aromatic rings. The van der Waals surface area contributed by atoms with Crippen LogP contribution in [0.2, 0.25) is 0 Å². The van der Waals surface area contributed by atoms with Gasteiger partial charge in [0.05, 0.1) is 19.4 Å². The summed E-state index contributed by atoms with van der Waals surface area (Å²) in [6, 6.07) is 12.2. The number of hydrogen-bond acceptors (Lipinski definition) is 3. The Morgan fingerprint density at radius 2 is 1.96 bits per heavy atom. The van der Waals surface area contributed by atoms with E-state index in [9.17, 15) is 0 Å². The lowest BCUT2D eigenvalue weighted by Crippen LogP contribution is -2.32. The van der Waals surface area contributed by atoms with Crippen LogP contribution in [-0.4, -0.2) is 24.5 Å². The molecule has 0 spiro atoms. The molecule has 0 aliphatic heterocycles. The quantitative estimate of drug-likeness (QED) is 0.581. The van der Waals surface area contributed by atoms with Crippen LogP contribution in [0.15, 0.2) is 52.1 Å². The van der Waals surface area contributed by atoms with Crippen LogP contribution in [0.3, 0.4) is 0 Å². The number of furan rings is 1. The van der Waals surface area contributed by atoms with Gasteiger partial charge in [0.2, 0.25) is 0 Å². The van der Waals surface area contributed by atoms with E-state index in [2.05, 4.69) is 47.4 Å². The largest absolute Gasteiger partial charge is 0.468 e. The number of aliphatic imine (C=N–C) groups is 1.